The minimum atomic E-state index is 0.191. The van der Waals surface area contributed by atoms with Gasteiger partial charge in [0.2, 0.25) is 5.91 Å². The first-order valence-electron chi connectivity index (χ1n) is 11.4. The Morgan fingerprint density at radius 1 is 0.906 bits per heavy atom. The van der Waals surface area contributed by atoms with Crippen LogP contribution in [0.15, 0.2) is 48.5 Å². The zero-order valence-electron chi connectivity index (χ0n) is 19.2. The topological polar surface area (TPSA) is 48.5 Å². The van der Waals surface area contributed by atoms with Gasteiger partial charge in [0.25, 0.3) is 0 Å². The molecule has 0 aromatic heterocycles. The molecular formula is C25H34N4O3. The molecule has 7 nitrogen and oxygen atoms in total. The minimum Gasteiger partial charge on any atom is -0.495 e. The predicted octanol–water partition coefficient (Wildman–Crippen LogP) is 2.31. The van der Waals surface area contributed by atoms with E-state index in [1.165, 1.54) is 11.3 Å². The van der Waals surface area contributed by atoms with Crippen LogP contribution in [0.3, 0.4) is 0 Å². The second-order valence-electron chi connectivity index (χ2n) is 8.44. The number of nitrogens with zero attached hydrogens (tertiary/aromatic N) is 4. The van der Waals surface area contributed by atoms with Gasteiger partial charge in [-0.05, 0) is 30.8 Å². The smallest absolute Gasteiger partial charge is 0.236 e. The van der Waals surface area contributed by atoms with E-state index in [0.29, 0.717) is 6.54 Å². The maximum Gasteiger partial charge on any atom is 0.236 e. The third-order valence-corrected chi connectivity index (χ3v) is 6.25. The molecule has 2 aliphatic heterocycles. The van der Waals surface area contributed by atoms with Crippen LogP contribution in [0.1, 0.15) is 5.56 Å². The first-order chi connectivity index (χ1) is 15.7. The molecule has 0 atom stereocenters. The summed E-state index contributed by atoms with van der Waals surface area (Å²) in [6, 6.07) is 16.6. The molecule has 172 valence electrons. The van der Waals surface area contributed by atoms with Crippen LogP contribution in [0.25, 0.3) is 0 Å². The molecule has 0 N–H and O–H groups in total. The molecule has 32 heavy (non-hydrogen) atoms. The second-order valence-corrected chi connectivity index (χ2v) is 8.44. The molecule has 7 heteroatoms. The van der Waals surface area contributed by atoms with Gasteiger partial charge in [0, 0.05) is 51.5 Å². The Morgan fingerprint density at radius 3 is 2.25 bits per heavy atom. The first-order valence-corrected chi connectivity index (χ1v) is 11.4. The van der Waals surface area contributed by atoms with Crippen LogP contribution in [-0.4, -0.2) is 88.9 Å². The van der Waals surface area contributed by atoms with Gasteiger partial charge in [-0.15, -0.1) is 0 Å². The van der Waals surface area contributed by atoms with E-state index >= 15 is 0 Å². The summed E-state index contributed by atoms with van der Waals surface area (Å²) in [5.41, 5.74) is 3.60. The largest absolute Gasteiger partial charge is 0.495 e. The standard InChI is InChI=1S/C25H34N4O3/c1-26(19-21-7-3-4-8-22(21)28-15-17-32-18-16-28)20-25(30)29-13-11-27(12-14-29)23-9-5-6-10-24(23)31-2/h3-10H,11-20H2,1-2H3. The highest BCUT2D eigenvalue weighted by molar-refractivity contribution is 5.78. The van der Waals surface area contributed by atoms with E-state index < -0.39 is 0 Å². The van der Waals surface area contributed by atoms with Gasteiger partial charge in [-0.3, -0.25) is 9.69 Å². The Balaban J connectivity index is 1.30. The van der Waals surface area contributed by atoms with Gasteiger partial charge < -0.3 is 24.2 Å². The monoisotopic (exact) mass is 438 g/mol. The highest BCUT2D eigenvalue weighted by atomic mass is 16.5. The van der Waals surface area contributed by atoms with Crippen molar-refractivity contribution in [1.29, 1.82) is 0 Å². The van der Waals surface area contributed by atoms with Crippen molar-refractivity contribution in [3.8, 4) is 5.75 Å². The number of ether oxygens (including phenoxy) is 2. The molecule has 0 unspecified atom stereocenters. The molecule has 0 bridgehead atoms. The lowest BCUT2D eigenvalue weighted by Gasteiger charge is -2.37. The van der Waals surface area contributed by atoms with Gasteiger partial charge in [-0.2, -0.15) is 0 Å². The molecule has 2 aromatic carbocycles. The van der Waals surface area contributed by atoms with Crippen molar-refractivity contribution < 1.29 is 14.3 Å². The Hall–Kier alpha value is -2.77. The number of hydrogen-bond donors (Lipinski definition) is 0. The summed E-state index contributed by atoms with van der Waals surface area (Å²) in [4.78, 5) is 21.7. The predicted molar refractivity (Wildman–Crippen MR) is 128 cm³/mol. The second kappa shape index (κ2) is 10.7. The normalized spacial score (nSPS) is 17.0. The average molecular weight is 439 g/mol. The molecule has 2 aromatic rings. The van der Waals surface area contributed by atoms with Crippen molar-refractivity contribution in [2.45, 2.75) is 6.54 Å². The molecule has 0 spiro atoms. The van der Waals surface area contributed by atoms with Gasteiger partial charge in [0.1, 0.15) is 5.75 Å². The first kappa shape index (κ1) is 22.4. The number of hydrogen-bond acceptors (Lipinski definition) is 6. The van der Waals surface area contributed by atoms with Crippen LogP contribution in [0.2, 0.25) is 0 Å². The van der Waals surface area contributed by atoms with Crippen molar-refractivity contribution in [1.82, 2.24) is 9.80 Å². The van der Waals surface area contributed by atoms with Crippen molar-refractivity contribution in [2.75, 3.05) is 83.0 Å². The third kappa shape index (κ3) is 5.34. The van der Waals surface area contributed by atoms with Gasteiger partial charge >= 0.3 is 0 Å². The number of piperazine rings is 1. The van der Waals surface area contributed by atoms with E-state index in [1.54, 1.807) is 7.11 Å². The van der Waals surface area contributed by atoms with E-state index in [1.807, 2.05) is 30.1 Å². The number of morpholine rings is 1. The number of anilines is 2. The summed E-state index contributed by atoms with van der Waals surface area (Å²) in [5, 5.41) is 0. The molecule has 0 saturated carbocycles. The van der Waals surface area contributed by atoms with Crippen molar-refractivity contribution in [3.05, 3.63) is 54.1 Å². The quantitative estimate of drug-likeness (QED) is 0.661. The summed E-state index contributed by atoms with van der Waals surface area (Å²) < 4.78 is 11.0. The van der Waals surface area contributed by atoms with E-state index in [0.717, 1.165) is 70.5 Å². The van der Waals surface area contributed by atoms with Gasteiger partial charge in [0.15, 0.2) is 0 Å². The number of amides is 1. The molecule has 0 aliphatic carbocycles. The lowest BCUT2D eigenvalue weighted by molar-refractivity contribution is -0.132. The van der Waals surface area contributed by atoms with Gasteiger partial charge in [-0.25, -0.2) is 0 Å². The van der Waals surface area contributed by atoms with Gasteiger partial charge in [-0.1, -0.05) is 30.3 Å². The van der Waals surface area contributed by atoms with Crippen LogP contribution in [-0.2, 0) is 16.1 Å². The average Bonchev–Trinajstić information content (AvgIpc) is 2.85. The number of carbonyl (C=O) groups is 1. The van der Waals surface area contributed by atoms with Crippen LogP contribution < -0.4 is 14.5 Å². The highest BCUT2D eigenvalue weighted by Gasteiger charge is 2.24. The van der Waals surface area contributed by atoms with Crippen molar-refractivity contribution >= 4 is 17.3 Å². The fourth-order valence-electron chi connectivity index (χ4n) is 4.52. The van der Waals surface area contributed by atoms with Crippen LogP contribution >= 0.6 is 0 Å². The van der Waals surface area contributed by atoms with E-state index in [4.69, 9.17) is 9.47 Å². The number of likely N-dealkylation sites (N-methyl/N-ethyl adjacent to an activating group) is 1. The summed E-state index contributed by atoms with van der Waals surface area (Å²) in [7, 11) is 3.73. The third-order valence-electron chi connectivity index (χ3n) is 6.25. The summed E-state index contributed by atoms with van der Waals surface area (Å²) in [6.45, 7) is 7.63. The summed E-state index contributed by atoms with van der Waals surface area (Å²) in [5.74, 6) is 1.07. The number of carbonyl (C=O) groups excluding carboxylic acids is 1. The zero-order chi connectivity index (χ0) is 22.3. The molecule has 2 fully saturated rings. The van der Waals surface area contributed by atoms with Crippen LogP contribution in [0.4, 0.5) is 11.4 Å². The fraction of sp³-hybridized carbons (Fsp3) is 0.480. The Labute approximate surface area is 191 Å². The molecule has 2 aliphatic rings. The van der Waals surface area contributed by atoms with Gasteiger partial charge in [0.05, 0.1) is 32.6 Å². The SMILES string of the molecule is COc1ccccc1N1CCN(C(=O)CN(C)Cc2ccccc2N2CCOCC2)CC1. The lowest BCUT2D eigenvalue weighted by atomic mass is 10.1. The molecule has 1 amide bonds. The molecular weight excluding hydrogens is 404 g/mol. The van der Waals surface area contributed by atoms with Crippen LogP contribution in [0.5, 0.6) is 5.75 Å². The summed E-state index contributed by atoms with van der Waals surface area (Å²) in [6.07, 6.45) is 0. The number of methoxy groups -OCH3 is 1. The zero-order valence-corrected chi connectivity index (χ0v) is 19.2. The molecule has 2 saturated heterocycles. The Kier molecular flexibility index (Phi) is 7.50. The fourth-order valence-corrected chi connectivity index (χ4v) is 4.52. The lowest BCUT2D eigenvalue weighted by Crippen LogP contribution is -2.51. The maximum atomic E-state index is 13.0. The minimum absolute atomic E-state index is 0.191. The number of benzene rings is 2. The van der Waals surface area contributed by atoms with E-state index in [9.17, 15) is 4.79 Å². The molecule has 2 heterocycles. The molecule has 0 radical (unpaired) electrons. The maximum absolute atomic E-state index is 13.0. The van der Waals surface area contributed by atoms with E-state index in [2.05, 4.69) is 45.0 Å². The van der Waals surface area contributed by atoms with E-state index in [-0.39, 0.29) is 5.91 Å². The van der Waals surface area contributed by atoms with Crippen LogP contribution in [0, 0.1) is 0 Å². The molecule has 4 rings (SSSR count). The Morgan fingerprint density at radius 2 is 1.53 bits per heavy atom. The Bertz CT molecular complexity index is 892. The van der Waals surface area contributed by atoms with Crippen molar-refractivity contribution in [2.24, 2.45) is 0 Å². The van der Waals surface area contributed by atoms with Crippen molar-refractivity contribution in [3.63, 3.8) is 0 Å². The number of rotatable bonds is 7. The number of para-hydroxylation sites is 3. The highest BCUT2D eigenvalue weighted by Crippen LogP contribution is 2.28. The summed E-state index contributed by atoms with van der Waals surface area (Å²) >= 11 is 0.